The summed E-state index contributed by atoms with van der Waals surface area (Å²) in [6.07, 6.45) is 66.3. The van der Waals surface area contributed by atoms with Gasteiger partial charge >= 0.3 is 17.9 Å². The van der Waals surface area contributed by atoms with Crippen molar-refractivity contribution in [1.29, 1.82) is 0 Å². The number of ether oxygens (including phenoxy) is 3. The third-order valence-electron chi connectivity index (χ3n) is 10.2. The van der Waals surface area contributed by atoms with Crippen LogP contribution in [0.25, 0.3) is 0 Å². The number of carbonyl (C=O) groups is 3. The average Bonchev–Trinajstić information content (AvgIpc) is 3.27. The molecule has 6 nitrogen and oxygen atoms in total. The fourth-order valence-electron chi connectivity index (χ4n) is 6.47. The van der Waals surface area contributed by atoms with Gasteiger partial charge in [0, 0.05) is 19.3 Å². The zero-order chi connectivity index (χ0) is 45.1. The summed E-state index contributed by atoms with van der Waals surface area (Å²) < 4.78 is 16.7. The van der Waals surface area contributed by atoms with Crippen LogP contribution in [0, 0.1) is 0 Å². The van der Waals surface area contributed by atoms with Gasteiger partial charge in [-0.2, -0.15) is 0 Å². The molecule has 0 radical (unpaired) electrons. The van der Waals surface area contributed by atoms with E-state index in [4.69, 9.17) is 14.2 Å². The molecule has 0 saturated heterocycles. The van der Waals surface area contributed by atoms with Crippen LogP contribution in [0.2, 0.25) is 0 Å². The highest BCUT2D eigenvalue weighted by Gasteiger charge is 2.19. The van der Waals surface area contributed by atoms with Crippen molar-refractivity contribution in [2.45, 2.75) is 213 Å². The smallest absolute Gasteiger partial charge is 0.306 e. The second-order valence-corrected chi connectivity index (χ2v) is 16.2. The Balaban J connectivity index is 4.50. The van der Waals surface area contributed by atoms with Crippen molar-refractivity contribution in [3.63, 3.8) is 0 Å². The molecule has 0 heterocycles. The molecule has 62 heavy (non-hydrogen) atoms. The number of allylic oxidation sites excluding steroid dienone is 18. The van der Waals surface area contributed by atoms with E-state index in [1.165, 1.54) is 83.5 Å². The Bertz CT molecular complexity index is 1310. The lowest BCUT2D eigenvalue weighted by molar-refractivity contribution is -0.167. The Morgan fingerprint density at radius 2 is 0.629 bits per heavy atom. The largest absolute Gasteiger partial charge is 0.462 e. The first-order chi connectivity index (χ1) is 30.5. The molecular weight excluding hydrogens is 769 g/mol. The molecule has 0 spiro atoms. The van der Waals surface area contributed by atoms with Crippen LogP contribution in [-0.2, 0) is 28.6 Å². The van der Waals surface area contributed by atoms with Crippen LogP contribution in [-0.4, -0.2) is 37.2 Å². The number of carbonyl (C=O) groups excluding carboxylic acids is 3. The lowest BCUT2D eigenvalue weighted by atomic mass is 10.1. The van der Waals surface area contributed by atoms with E-state index in [0.29, 0.717) is 19.3 Å². The summed E-state index contributed by atoms with van der Waals surface area (Å²) in [5, 5.41) is 0. The van der Waals surface area contributed by atoms with Crippen molar-refractivity contribution >= 4 is 17.9 Å². The molecule has 0 aromatic heterocycles. The van der Waals surface area contributed by atoms with Crippen molar-refractivity contribution in [3.8, 4) is 0 Å². The average molecular weight is 859 g/mol. The first kappa shape index (κ1) is 58.1. The van der Waals surface area contributed by atoms with E-state index in [-0.39, 0.29) is 31.1 Å². The molecule has 350 valence electrons. The predicted molar refractivity (Wildman–Crippen MR) is 265 cm³/mol. The van der Waals surface area contributed by atoms with Crippen molar-refractivity contribution in [3.05, 3.63) is 109 Å². The van der Waals surface area contributed by atoms with Gasteiger partial charge in [0.15, 0.2) is 6.10 Å². The molecule has 0 rings (SSSR count). The Morgan fingerprint density at radius 1 is 0.339 bits per heavy atom. The standard InChI is InChI=1S/C56H90O6/c1-4-7-10-13-16-19-22-24-26-27-28-29-31-32-34-37-40-43-46-49-55(58)61-52-53(51-60-54(57)48-45-42-39-36-21-18-15-12-9-6-3)62-56(59)50-47-44-41-38-35-33-30-25-23-20-17-14-11-8-5-2/h7,10,13,16-17,19-20,22-29,31-32,34,53H,4-6,8-9,11-12,14-15,18,21,30,33,35-52H2,1-3H3/b10-7-,16-13-,20-17-,22-19-,25-23-,26-24-,28-27+,31-29-,34-32-. The van der Waals surface area contributed by atoms with Crippen LogP contribution >= 0.6 is 0 Å². The summed E-state index contributed by atoms with van der Waals surface area (Å²) in [6.45, 7) is 6.38. The molecule has 0 aromatic carbocycles. The summed E-state index contributed by atoms with van der Waals surface area (Å²) in [5.41, 5.74) is 0. The molecule has 0 aromatic rings. The quantitative estimate of drug-likeness (QED) is 0.0263. The monoisotopic (exact) mass is 859 g/mol. The van der Waals surface area contributed by atoms with Gasteiger partial charge in [-0.3, -0.25) is 14.4 Å². The SMILES string of the molecule is CC\C=C/C=C\C=C/C=C\C=C\C=C/C=C\CCCCCC(=O)OCC(COC(=O)CCCCCCCCCCCC)OC(=O)CCCCCCCC/C=C\C=C/CCCCC. The number of esters is 3. The van der Waals surface area contributed by atoms with Gasteiger partial charge in [-0.25, -0.2) is 0 Å². The van der Waals surface area contributed by atoms with Gasteiger partial charge in [0.25, 0.3) is 0 Å². The van der Waals surface area contributed by atoms with E-state index in [9.17, 15) is 14.4 Å². The zero-order valence-electron chi connectivity index (χ0n) is 39.8. The Kier molecular flexibility index (Phi) is 46.6. The minimum atomic E-state index is -0.802. The van der Waals surface area contributed by atoms with Crippen LogP contribution < -0.4 is 0 Å². The minimum absolute atomic E-state index is 0.0986. The lowest BCUT2D eigenvalue weighted by Crippen LogP contribution is -2.30. The molecule has 0 N–H and O–H groups in total. The van der Waals surface area contributed by atoms with Gasteiger partial charge in [0.05, 0.1) is 0 Å². The maximum atomic E-state index is 12.8. The maximum absolute atomic E-state index is 12.8. The predicted octanol–water partition coefficient (Wildman–Crippen LogP) is 16.4. The first-order valence-electron chi connectivity index (χ1n) is 25.0. The highest BCUT2D eigenvalue weighted by atomic mass is 16.6. The molecule has 0 bridgehead atoms. The van der Waals surface area contributed by atoms with E-state index in [2.05, 4.69) is 57.2 Å². The summed E-state index contributed by atoms with van der Waals surface area (Å²) in [7, 11) is 0. The second kappa shape index (κ2) is 49.7. The van der Waals surface area contributed by atoms with Gasteiger partial charge in [0.2, 0.25) is 0 Å². The molecule has 6 heteroatoms. The van der Waals surface area contributed by atoms with Crippen molar-refractivity contribution in [1.82, 2.24) is 0 Å². The zero-order valence-corrected chi connectivity index (χ0v) is 39.8. The summed E-state index contributed by atoms with van der Waals surface area (Å²) in [5.74, 6) is -0.965. The molecule has 0 aliphatic rings. The Hall–Kier alpha value is -3.93. The van der Waals surface area contributed by atoms with Gasteiger partial charge in [-0.1, -0.05) is 233 Å². The number of unbranched alkanes of at least 4 members (excludes halogenated alkanes) is 21. The molecule has 1 unspecified atom stereocenters. The van der Waals surface area contributed by atoms with Gasteiger partial charge in [-0.05, 0) is 64.2 Å². The van der Waals surface area contributed by atoms with Gasteiger partial charge in [0.1, 0.15) is 13.2 Å². The molecule has 0 amide bonds. The number of hydrogen-bond donors (Lipinski definition) is 0. The molecule has 1 atom stereocenters. The Morgan fingerprint density at radius 3 is 1.05 bits per heavy atom. The maximum Gasteiger partial charge on any atom is 0.306 e. The highest BCUT2D eigenvalue weighted by molar-refractivity contribution is 5.71. The fourth-order valence-corrected chi connectivity index (χ4v) is 6.47. The van der Waals surface area contributed by atoms with Crippen LogP contribution in [0.3, 0.4) is 0 Å². The molecule has 0 aliphatic carbocycles. The topological polar surface area (TPSA) is 78.9 Å². The minimum Gasteiger partial charge on any atom is -0.462 e. The second-order valence-electron chi connectivity index (χ2n) is 16.2. The fraction of sp³-hybridized carbons (Fsp3) is 0.625. The third-order valence-corrected chi connectivity index (χ3v) is 10.2. The van der Waals surface area contributed by atoms with Crippen LogP contribution in [0.4, 0.5) is 0 Å². The van der Waals surface area contributed by atoms with E-state index in [0.717, 1.165) is 83.5 Å². The van der Waals surface area contributed by atoms with Crippen LogP contribution in [0.15, 0.2) is 109 Å². The van der Waals surface area contributed by atoms with Gasteiger partial charge < -0.3 is 14.2 Å². The number of rotatable bonds is 43. The van der Waals surface area contributed by atoms with E-state index >= 15 is 0 Å². The van der Waals surface area contributed by atoms with Crippen molar-refractivity contribution in [2.24, 2.45) is 0 Å². The lowest BCUT2D eigenvalue weighted by Gasteiger charge is -2.18. The molecule has 0 fully saturated rings. The van der Waals surface area contributed by atoms with Crippen LogP contribution in [0.1, 0.15) is 207 Å². The molecular formula is C56H90O6. The van der Waals surface area contributed by atoms with E-state index in [1.54, 1.807) is 0 Å². The Labute approximate surface area is 380 Å². The van der Waals surface area contributed by atoms with Gasteiger partial charge in [-0.15, -0.1) is 0 Å². The highest BCUT2D eigenvalue weighted by Crippen LogP contribution is 2.14. The van der Waals surface area contributed by atoms with Crippen molar-refractivity contribution < 1.29 is 28.6 Å². The third kappa shape index (κ3) is 47.1. The normalized spacial score (nSPS) is 13.0. The first-order valence-corrected chi connectivity index (χ1v) is 25.0. The van der Waals surface area contributed by atoms with E-state index in [1.807, 2.05) is 72.9 Å². The van der Waals surface area contributed by atoms with Crippen molar-refractivity contribution in [2.75, 3.05) is 13.2 Å². The summed E-state index contributed by atoms with van der Waals surface area (Å²) in [4.78, 5) is 37.9. The number of hydrogen-bond acceptors (Lipinski definition) is 6. The molecule has 0 aliphatic heterocycles. The summed E-state index contributed by atoms with van der Waals surface area (Å²) >= 11 is 0. The van der Waals surface area contributed by atoms with Crippen LogP contribution in [0.5, 0.6) is 0 Å². The molecule has 0 saturated carbocycles. The van der Waals surface area contributed by atoms with E-state index < -0.39 is 6.10 Å². The summed E-state index contributed by atoms with van der Waals surface area (Å²) in [6, 6.07) is 0.